The minimum atomic E-state index is -0.828. The summed E-state index contributed by atoms with van der Waals surface area (Å²) in [6, 6.07) is 0. The number of carbonyl (C=O) groups excluding carboxylic acids is 1. The smallest absolute Gasteiger partial charge is 0.331 e. The van der Waals surface area contributed by atoms with Gasteiger partial charge in [0.05, 0.1) is 18.2 Å². The van der Waals surface area contributed by atoms with E-state index in [1.807, 2.05) is 0 Å². The number of nitrogens with zero attached hydrogens (tertiary/aromatic N) is 1. The Balaban J connectivity index is 1.89. The number of carbonyl (C=O) groups is 1. The molecule has 4 aliphatic rings. The molecule has 1 aliphatic carbocycles. The summed E-state index contributed by atoms with van der Waals surface area (Å²) in [5.74, 6) is -0.314. The van der Waals surface area contributed by atoms with Crippen LogP contribution in [0.3, 0.4) is 0 Å². The van der Waals surface area contributed by atoms with Crippen LogP contribution in [0.2, 0.25) is 0 Å². The number of hydrogen-bond donors (Lipinski definition) is 1. The van der Waals surface area contributed by atoms with Crippen LogP contribution in [0.1, 0.15) is 32.1 Å². The molecule has 3 atom stereocenters. The van der Waals surface area contributed by atoms with Gasteiger partial charge in [0.1, 0.15) is 0 Å². The molecule has 0 aromatic rings. The van der Waals surface area contributed by atoms with E-state index in [0.717, 1.165) is 44.3 Å². The Morgan fingerprint density at radius 1 is 1.50 bits per heavy atom. The lowest BCUT2D eigenvalue weighted by Crippen LogP contribution is -2.54. The van der Waals surface area contributed by atoms with Crippen LogP contribution < -0.4 is 0 Å². The van der Waals surface area contributed by atoms with Gasteiger partial charge in [0.2, 0.25) is 0 Å². The predicted molar refractivity (Wildman–Crippen MR) is 80.3 cm³/mol. The van der Waals surface area contributed by atoms with Crippen molar-refractivity contribution in [3.8, 4) is 0 Å². The molecule has 0 amide bonds. The molecule has 0 bridgehead atoms. The van der Waals surface area contributed by atoms with Gasteiger partial charge in [-0.1, -0.05) is 6.08 Å². The lowest BCUT2D eigenvalue weighted by molar-refractivity contribution is -0.150. The Bertz CT molecular complexity index is 569. The van der Waals surface area contributed by atoms with Crippen LogP contribution in [-0.2, 0) is 14.3 Å². The monoisotopic (exact) mass is 305 g/mol. The first kappa shape index (κ1) is 14.4. The van der Waals surface area contributed by atoms with E-state index in [9.17, 15) is 9.90 Å². The number of hydrogen-bond acceptors (Lipinski definition) is 5. The summed E-state index contributed by atoms with van der Waals surface area (Å²) in [7, 11) is 1.75. The van der Waals surface area contributed by atoms with Crippen LogP contribution in [0.25, 0.3) is 0 Å². The number of fused-ring (bicyclic) bond motifs is 1. The fraction of sp³-hybridized carbons (Fsp3) is 0.706. The molecule has 0 aromatic carbocycles. The maximum atomic E-state index is 12.0. The van der Waals surface area contributed by atoms with Gasteiger partial charge in [-0.05, 0) is 37.8 Å². The van der Waals surface area contributed by atoms with Crippen molar-refractivity contribution in [2.24, 2.45) is 0 Å². The minimum Gasteiger partial charge on any atom is -0.449 e. The second kappa shape index (κ2) is 4.91. The lowest BCUT2D eigenvalue weighted by Gasteiger charge is -2.46. The number of aliphatic hydroxyl groups excluding tert-OH is 1. The Morgan fingerprint density at radius 3 is 3.14 bits per heavy atom. The molecule has 1 N–H and O–H groups in total. The first-order valence-corrected chi connectivity index (χ1v) is 8.18. The predicted octanol–water partition coefficient (Wildman–Crippen LogP) is 1.17. The van der Waals surface area contributed by atoms with Crippen LogP contribution in [0.5, 0.6) is 0 Å². The maximum absolute atomic E-state index is 12.0. The zero-order valence-corrected chi connectivity index (χ0v) is 13.0. The van der Waals surface area contributed by atoms with E-state index < -0.39 is 5.60 Å². The lowest BCUT2D eigenvalue weighted by atomic mass is 9.69. The number of esters is 1. The van der Waals surface area contributed by atoms with Crippen molar-refractivity contribution in [2.75, 3.05) is 26.8 Å². The third-order valence-electron chi connectivity index (χ3n) is 5.96. The van der Waals surface area contributed by atoms with Crippen molar-refractivity contribution in [2.45, 2.75) is 49.3 Å². The Kier molecular flexibility index (Phi) is 3.22. The Labute approximate surface area is 130 Å². The number of rotatable bonds is 2. The normalized spacial score (nSPS) is 41.0. The van der Waals surface area contributed by atoms with Gasteiger partial charge in [-0.25, -0.2) is 4.79 Å². The first-order valence-electron chi connectivity index (χ1n) is 8.18. The van der Waals surface area contributed by atoms with Gasteiger partial charge in [-0.3, -0.25) is 4.90 Å². The van der Waals surface area contributed by atoms with Gasteiger partial charge < -0.3 is 14.6 Å². The molecule has 2 fully saturated rings. The third-order valence-corrected chi connectivity index (χ3v) is 5.96. The molecule has 5 heteroatoms. The zero-order chi connectivity index (χ0) is 15.4. The van der Waals surface area contributed by atoms with Crippen LogP contribution in [-0.4, -0.2) is 60.0 Å². The molecule has 4 rings (SSSR count). The first-order chi connectivity index (χ1) is 10.6. The highest BCUT2D eigenvalue weighted by atomic mass is 16.6. The van der Waals surface area contributed by atoms with Crippen LogP contribution in [0.15, 0.2) is 23.3 Å². The number of ether oxygens (including phenoxy) is 2. The van der Waals surface area contributed by atoms with E-state index in [4.69, 9.17) is 9.47 Å². The molecule has 3 unspecified atom stereocenters. The van der Waals surface area contributed by atoms with Crippen molar-refractivity contribution in [1.29, 1.82) is 0 Å². The summed E-state index contributed by atoms with van der Waals surface area (Å²) in [4.78, 5) is 14.5. The van der Waals surface area contributed by atoms with Crippen LogP contribution in [0.4, 0.5) is 0 Å². The molecular formula is C17H23NO4. The molecule has 0 aromatic heterocycles. The fourth-order valence-electron chi connectivity index (χ4n) is 4.97. The summed E-state index contributed by atoms with van der Waals surface area (Å²) >= 11 is 0. The van der Waals surface area contributed by atoms with Crippen molar-refractivity contribution in [1.82, 2.24) is 4.90 Å². The second-order valence-electron chi connectivity index (χ2n) is 6.86. The highest BCUT2D eigenvalue weighted by Gasteiger charge is 2.60. The Hall–Kier alpha value is -1.17. The fourth-order valence-corrected chi connectivity index (χ4v) is 4.97. The van der Waals surface area contributed by atoms with Crippen molar-refractivity contribution in [3.05, 3.63) is 23.3 Å². The molecule has 0 saturated carbocycles. The van der Waals surface area contributed by atoms with Gasteiger partial charge in [0.15, 0.2) is 5.60 Å². The number of methoxy groups -OCH3 is 1. The summed E-state index contributed by atoms with van der Waals surface area (Å²) in [5, 5.41) is 10.0. The third kappa shape index (κ3) is 1.73. The SMILES string of the molecule is COC1CC=C2CCN3CCCC4(CO)OC(=O)C=C4C23C1. The molecule has 3 aliphatic heterocycles. The van der Waals surface area contributed by atoms with Gasteiger partial charge >= 0.3 is 5.97 Å². The molecule has 5 nitrogen and oxygen atoms in total. The van der Waals surface area contributed by atoms with E-state index in [2.05, 4.69) is 11.0 Å². The molecular weight excluding hydrogens is 282 g/mol. The average Bonchev–Trinajstić information content (AvgIpc) is 3.03. The number of aliphatic hydroxyl groups is 1. The molecule has 1 spiro atoms. The van der Waals surface area contributed by atoms with Gasteiger partial charge in [-0.15, -0.1) is 0 Å². The summed E-state index contributed by atoms with van der Waals surface area (Å²) in [6.07, 6.45) is 8.51. The van der Waals surface area contributed by atoms with Crippen molar-refractivity contribution < 1.29 is 19.4 Å². The Morgan fingerprint density at radius 2 is 2.36 bits per heavy atom. The second-order valence-corrected chi connectivity index (χ2v) is 6.86. The van der Waals surface area contributed by atoms with Crippen LogP contribution >= 0.6 is 0 Å². The van der Waals surface area contributed by atoms with E-state index in [1.165, 1.54) is 5.57 Å². The summed E-state index contributed by atoms with van der Waals surface area (Å²) < 4.78 is 11.3. The van der Waals surface area contributed by atoms with Gasteiger partial charge in [0.25, 0.3) is 0 Å². The zero-order valence-electron chi connectivity index (χ0n) is 13.0. The van der Waals surface area contributed by atoms with E-state index in [0.29, 0.717) is 6.42 Å². The summed E-state index contributed by atoms with van der Waals surface area (Å²) in [5.41, 5.74) is 1.23. The van der Waals surface area contributed by atoms with Gasteiger partial charge in [-0.2, -0.15) is 0 Å². The van der Waals surface area contributed by atoms with Crippen molar-refractivity contribution >= 4 is 5.97 Å². The highest BCUT2D eigenvalue weighted by Crippen LogP contribution is 2.54. The molecule has 22 heavy (non-hydrogen) atoms. The topological polar surface area (TPSA) is 59.0 Å². The average molecular weight is 305 g/mol. The summed E-state index contributed by atoms with van der Waals surface area (Å²) in [6.45, 7) is 1.85. The highest BCUT2D eigenvalue weighted by molar-refractivity contribution is 5.88. The van der Waals surface area contributed by atoms with E-state index in [1.54, 1.807) is 13.2 Å². The molecule has 3 heterocycles. The quantitative estimate of drug-likeness (QED) is 0.613. The van der Waals surface area contributed by atoms with E-state index in [-0.39, 0.29) is 24.2 Å². The van der Waals surface area contributed by atoms with Crippen molar-refractivity contribution in [3.63, 3.8) is 0 Å². The minimum absolute atomic E-state index is 0.134. The van der Waals surface area contributed by atoms with E-state index >= 15 is 0 Å². The molecule has 120 valence electrons. The van der Waals surface area contributed by atoms with Gasteiger partial charge in [0, 0.05) is 31.7 Å². The largest absolute Gasteiger partial charge is 0.449 e. The maximum Gasteiger partial charge on any atom is 0.331 e. The van der Waals surface area contributed by atoms with Crippen LogP contribution in [0, 0.1) is 0 Å². The standard InChI is InChI=1S/C17H23NO4/c1-21-13-4-3-12-5-8-18-7-2-6-16(11-19)14(9-15(20)22-16)17(12,18)10-13/h3,9,13,19H,2,4-8,10-11H2,1H3. The molecule has 2 saturated heterocycles. The molecule has 0 radical (unpaired) electrons.